The van der Waals surface area contributed by atoms with Crippen molar-refractivity contribution in [2.45, 2.75) is 16.8 Å². The lowest BCUT2D eigenvalue weighted by molar-refractivity contribution is 1.05. The van der Waals surface area contributed by atoms with Crippen molar-refractivity contribution in [3.63, 3.8) is 0 Å². The zero-order chi connectivity index (χ0) is 11.4. The SMILES string of the molecule is CNc1cncc(Sc2ccccc2C)n1. The Morgan fingerprint density at radius 2 is 2.00 bits per heavy atom. The highest BCUT2D eigenvalue weighted by atomic mass is 32.2. The summed E-state index contributed by atoms with van der Waals surface area (Å²) >= 11 is 1.63. The minimum absolute atomic E-state index is 0.790. The van der Waals surface area contributed by atoms with E-state index >= 15 is 0 Å². The highest BCUT2D eigenvalue weighted by Crippen LogP contribution is 2.28. The van der Waals surface area contributed by atoms with Crippen molar-refractivity contribution in [2.75, 3.05) is 12.4 Å². The molecule has 0 spiro atoms. The normalized spacial score (nSPS) is 10.1. The van der Waals surface area contributed by atoms with Gasteiger partial charge in [0.25, 0.3) is 0 Å². The third-order valence-corrected chi connectivity index (χ3v) is 3.26. The quantitative estimate of drug-likeness (QED) is 0.881. The molecular weight excluding hydrogens is 218 g/mol. The number of aryl methyl sites for hydroxylation is 1. The lowest BCUT2D eigenvalue weighted by atomic mass is 10.2. The molecule has 4 heteroatoms. The number of nitrogens with one attached hydrogen (secondary N) is 1. The molecule has 1 N–H and O–H groups in total. The first kappa shape index (κ1) is 11.0. The van der Waals surface area contributed by atoms with Gasteiger partial charge in [0.1, 0.15) is 10.8 Å². The van der Waals surface area contributed by atoms with Crippen LogP contribution in [0, 0.1) is 6.92 Å². The first-order chi connectivity index (χ1) is 7.79. The Hall–Kier alpha value is -1.55. The van der Waals surface area contributed by atoms with E-state index in [1.807, 2.05) is 19.2 Å². The molecule has 2 aromatic rings. The van der Waals surface area contributed by atoms with Gasteiger partial charge in [0.15, 0.2) is 0 Å². The molecule has 0 amide bonds. The van der Waals surface area contributed by atoms with Crippen molar-refractivity contribution in [3.05, 3.63) is 42.2 Å². The lowest BCUT2D eigenvalue weighted by Gasteiger charge is -2.05. The Bertz CT molecular complexity index is 485. The van der Waals surface area contributed by atoms with Crippen LogP contribution in [0.5, 0.6) is 0 Å². The van der Waals surface area contributed by atoms with E-state index in [4.69, 9.17) is 0 Å². The summed E-state index contributed by atoms with van der Waals surface area (Å²) in [4.78, 5) is 9.77. The maximum atomic E-state index is 4.42. The lowest BCUT2D eigenvalue weighted by Crippen LogP contribution is -1.94. The van der Waals surface area contributed by atoms with Crippen LogP contribution < -0.4 is 5.32 Å². The zero-order valence-electron chi connectivity index (χ0n) is 9.27. The molecule has 0 atom stereocenters. The minimum atomic E-state index is 0.790. The fraction of sp³-hybridized carbons (Fsp3) is 0.167. The molecule has 3 nitrogen and oxygen atoms in total. The first-order valence-corrected chi connectivity index (χ1v) is 5.84. The van der Waals surface area contributed by atoms with Crippen molar-refractivity contribution in [3.8, 4) is 0 Å². The molecule has 1 aromatic heterocycles. The van der Waals surface area contributed by atoms with Gasteiger partial charge in [0.2, 0.25) is 0 Å². The van der Waals surface area contributed by atoms with Crippen LogP contribution in [-0.4, -0.2) is 17.0 Å². The predicted octanol–water partition coefficient (Wildman–Crippen LogP) is 2.98. The monoisotopic (exact) mass is 231 g/mol. The van der Waals surface area contributed by atoms with E-state index in [1.54, 1.807) is 24.2 Å². The Morgan fingerprint density at radius 1 is 1.19 bits per heavy atom. The Balaban J connectivity index is 2.24. The van der Waals surface area contributed by atoms with E-state index in [2.05, 4.69) is 34.3 Å². The van der Waals surface area contributed by atoms with Gasteiger partial charge >= 0.3 is 0 Å². The second-order valence-electron chi connectivity index (χ2n) is 3.36. The summed E-state index contributed by atoms with van der Waals surface area (Å²) in [6.07, 6.45) is 3.49. The summed E-state index contributed by atoms with van der Waals surface area (Å²) in [6.45, 7) is 2.09. The Morgan fingerprint density at radius 3 is 2.75 bits per heavy atom. The van der Waals surface area contributed by atoms with Gasteiger partial charge in [0.05, 0.1) is 12.4 Å². The van der Waals surface area contributed by atoms with Gasteiger partial charge in [-0.3, -0.25) is 4.98 Å². The van der Waals surface area contributed by atoms with Crippen molar-refractivity contribution < 1.29 is 0 Å². The third kappa shape index (κ3) is 2.52. The molecule has 0 bridgehead atoms. The van der Waals surface area contributed by atoms with E-state index in [-0.39, 0.29) is 0 Å². The van der Waals surface area contributed by atoms with Crippen LogP contribution in [0.15, 0.2) is 46.6 Å². The standard InChI is InChI=1S/C12H13N3S/c1-9-5-3-4-6-10(9)16-12-8-14-7-11(13-2)15-12/h3-8H,1-2H3,(H,13,15). The van der Waals surface area contributed by atoms with Crippen LogP contribution in [0.2, 0.25) is 0 Å². The topological polar surface area (TPSA) is 37.8 Å². The Kier molecular flexibility index (Phi) is 3.41. The Labute approximate surface area is 99.3 Å². The van der Waals surface area contributed by atoms with Crippen molar-refractivity contribution in [1.82, 2.24) is 9.97 Å². The molecule has 0 aliphatic carbocycles. The van der Waals surface area contributed by atoms with E-state index in [9.17, 15) is 0 Å². The van der Waals surface area contributed by atoms with Gasteiger partial charge in [-0.1, -0.05) is 30.0 Å². The predicted molar refractivity (Wildman–Crippen MR) is 66.9 cm³/mol. The van der Waals surface area contributed by atoms with Crippen LogP contribution in [0.1, 0.15) is 5.56 Å². The second-order valence-corrected chi connectivity index (χ2v) is 4.42. The minimum Gasteiger partial charge on any atom is -0.372 e. The summed E-state index contributed by atoms with van der Waals surface area (Å²) in [6, 6.07) is 8.26. The number of hydrogen-bond donors (Lipinski definition) is 1. The second kappa shape index (κ2) is 4.99. The summed E-state index contributed by atoms with van der Waals surface area (Å²) in [7, 11) is 1.84. The molecule has 0 saturated heterocycles. The van der Waals surface area contributed by atoms with E-state index in [1.165, 1.54) is 10.5 Å². The van der Waals surface area contributed by atoms with Gasteiger partial charge < -0.3 is 5.32 Å². The third-order valence-electron chi connectivity index (χ3n) is 2.18. The van der Waals surface area contributed by atoms with Crippen LogP contribution in [-0.2, 0) is 0 Å². The summed E-state index contributed by atoms with van der Waals surface area (Å²) in [5, 5.41) is 3.88. The maximum Gasteiger partial charge on any atom is 0.145 e. The van der Waals surface area contributed by atoms with Crippen molar-refractivity contribution in [1.29, 1.82) is 0 Å². The van der Waals surface area contributed by atoms with Gasteiger partial charge in [-0.05, 0) is 18.6 Å². The molecule has 1 aromatic carbocycles. The first-order valence-electron chi connectivity index (χ1n) is 5.03. The summed E-state index contributed by atoms with van der Waals surface area (Å²) < 4.78 is 0. The van der Waals surface area contributed by atoms with Crippen LogP contribution in [0.3, 0.4) is 0 Å². The van der Waals surface area contributed by atoms with Crippen LogP contribution in [0.4, 0.5) is 5.82 Å². The smallest absolute Gasteiger partial charge is 0.145 e. The van der Waals surface area contributed by atoms with E-state index in [0.29, 0.717) is 0 Å². The highest BCUT2D eigenvalue weighted by Gasteiger charge is 2.02. The fourth-order valence-electron chi connectivity index (χ4n) is 1.30. The molecule has 0 aliphatic heterocycles. The van der Waals surface area contributed by atoms with Crippen molar-refractivity contribution in [2.24, 2.45) is 0 Å². The molecule has 0 saturated carbocycles. The summed E-state index contributed by atoms with van der Waals surface area (Å²) in [5.74, 6) is 0.790. The number of nitrogens with zero attached hydrogens (tertiary/aromatic N) is 2. The number of hydrogen-bond acceptors (Lipinski definition) is 4. The molecule has 82 valence electrons. The molecule has 0 unspecified atom stereocenters. The number of benzene rings is 1. The molecule has 0 radical (unpaired) electrons. The van der Waals surface area contributed by atoms with Crippen LogP contribution >= 0.6 is 11.8 Å². The van der Waals surface area contributed by atoms with E-state index < -0.39 is 0 Å². The largest absolute Gasteiger partial charge is 0.372 e. The molecule has 1 heterocycles. The fourth-order valence-corrected chi connectivity index (χ4v) is 2.16. The average Bonchev–Trinajstić information content (AvgIpc) is 2.32. The molecule has 0 fully saturated rings. The molecule has 0 aliphatic rings. The molecule has 2 rings (SSSR count). The van der Waals surface area contributed by atoms with Crippen molar-refractivity contribution >= 4 is 17.6 Å². The van der Waals surface area contributed by atoms with Gasteiger partial charge in [-0.25, -0.2) is 4.98 Å². The van der Waals surface area contributed by atoms with E-state index in [0.717, 1.165) is 10.8 Å². The molecular formula is C12H13N3S. The summed E-state index contributed by atoms with van der Waals surface area (Å²) in [5.41, 5.74) is 1.25. The zero-order valence-corrected chi connectivity index (χ0v) is 10.1. The maximum absolute atomic E-state index is 4.42. The average molecular weight is 231 g/mol. The van der Waals surface area contributed by atoms with Gasteiger partial charge in [-0.15, -0.1) is 0 Å². The number of aromatic nitrogens is 2. The number of rotatable bonds is 3. The van der Waals surface area contributed by atoms with Gasteiger partial charge in [0, 0.05) is 11.9 Å². The molecule has 16 heavy (non-hydrogen) atoms. The van der Waals surface area contributed by atoms with Crippen LogP contribution in [0.25, 0.3) is 0 Å². The highest BCUT2D eigenvalue weighted by molar-refractivity contribution is 7.99. The number of anilines is 1. The van der Waals surface area contributed by atoms with Gasteiger partial charge in [-0.2, -0.15) is 0 Å².